The summed E-state index contributed by atoms with van der Waals surface area (Å²) in [6.07, 6.45) is 1.31. The summed E-state index contributed by atoms with van der Waals surface area (Å²) in [5.74, 6) is 0.677. The van der Waals surface area contributed by atoms with Gasteiger partial charge in [-0.3, -0.25) is 10.1 Å². The van der Waals surface area contributed by atoms with Crippen LogP contribution in [-0.2, 0) is 4.79 Å². The fourth-order valence-electron chi connectivity index (χ4n) is 1.35. The number of carbonyl (C=O) groups is 1. The van der Waals surface area contributed by atoms with Crippen LogP contribution in [0.25, 0.3) is 0 Å². The fourth-order valence-corrected chi connectivity index (χ4v) is 1.83. The highest BCUT2D eigenvalue weighted by Gasteiger charge is 2.06. The fraction of sp³-hybridized carbons (Fsp3) is 0.182. The maximum atomic E-state index is 11.5. The van der Waals surface area contributed by atoms with Crippen LogP contribution in [0.3, 0.4) is 0 Å². The first-order valence-corrected chi connectivity index (χ1v) is 5.98. The van der Waals surface area contributed by atoms with Crippen molar-refractivity contribution in [3.05, 3.63) is 34.6 Å². The molecule has 1 aromatic heterocycles. The van der Waals surface area contributed by atoms with E-state index < -0.39 is 0 Å². The van der Waals surface area contributed by atoms with Crippen molar-refractivity contribution in [2.45, 2.75) is 6.92 Å². The molecule has 0 aliphatic rings. The van der Waals surface area contributed by atoms with Crippen molar-refractivity contribution in [2.24, 2.45) is 0 Å². The molecule has 0 aliphatic heterocycles. The van der Waals surface area contributed by atoms with E-state index in [1.165, 1.54) is 6.33 Å². The summed E-state index contributed by atoms with van der Waals surface area (Å²) in [6.45, 7) is 1.83. The summed E-state index contributed by atoms with van der Waals surface area (Å²) in [4.78, 5) is 15.3. The molecule has 1 heterocycles. The van der Waals surface area contributed by atoms with Crippen LogP contribution in [0.1, 0.15) is 5.56 Å². The molecule has 1 amide bonds. The SMILES string of the molecule is Cc1cc(Br)ccc1OCC(=O)Nc1ncn[nH]1. The number of benzene rings is 1. The number of aryl methyl sites for hydroxylation is 1. The van der Waals surface area contributed by atoms with E-state index in [-0.39, 0.29) is 12.5 Å². The zero-order valence-corrected chi connectivity index (χ0v) is 11.2. The molecule has 0 aliphatic carbocycles. The molecule has 0 atom stereocenters. The normalized spacial score (nSPS) is 10.1. The van der Waals surface area contributed by atoms with E-state index in [4.69, 9.17) is 4.74 Å². The summed E-state index contributed by atoms with van der Waals surface area (Å²) >= 11 is 3.36. The third-order valence-electron chi connectivity index (χ3n) is 2.17. The molecular weight excluding hydrogens is 300 g/mol. The lowest BCUT2D eigenvalue weighted by molar-refractivity contribution is -0.118. The minimum absolute atomic E-state index is 0.0802. The van der Waals surface area contributed by atoms with Crippen LogP contribution in [-0.4, -0.2) is 27.7 Å². The van der Waals surface area contributed by atoms with Crippen LogP contribution in [0.5, 0.6) is 5.75 Å². The van der Waals surface area contributed by atoms with Gasteiger partial charge < -0.3 is 4.74 Å². The van der Waals surface area contributed by atoms with E-state index in [0.717, 1.165) is 10.0 Å². The second-order valence-electron chi connectivity index (χ2n) is 3.58. The Hall–Kier alpha value is -1.89. The van der Waals surface area contributed by atoms with Gasteiger partial charge in [0.1, 0.15) is 12.1 Å². The number of nitrogens with zero attached hydrogens (tertiary/aromatic N) is 2. The molecule has 0 bridgehead atoms. The minimum Gasteiger partial charge on any atom is -0.483 e. The summed E-state index contributed by atoms with van der Waals surface area (Å²) < 4.78 is 6.38. The second kappa shape index (κ2) is 5.63. The van der Waals surface area contributed by atoms with Gasteiger partial charge in [0.15, 0.2) is 6.61 Å². The quantitative estimate of drug-likeness (QED) is 0.903. The number of amides is 1. The van der Waals surface area contributed by atoms with Crippen LogP contribution >= 0.6 is 15.9 Å². The predicted molar refractivity (Wildman–Crippen MR) is 69.4 cm³/mol. The Balaban J connectivity index is 1.89. The number of H-pyrrole nitrogens is 1. The van der Waals surface area contributed by atoms with Crippen LogP contribution in [0, 0.1) is 6.92 Å². The first kappa shape index (κ1) is 12.6. The Morgan fingerprint density at radius 2 is 2.39 bits per heavy atom. The van der Waals surface area contributed by atoms with Crippen LogP contribution in [0.15, 0.2) is 29.0 Å². The lowest BCUT2D eigenvalue weighted by atomic mass is 10.2. The highest BCUT2D eigenvalue weighted by molar-refractivity contribution is 9.10. The molecule has 2 rings (SSSR count). The van der Waals surface area contributed by atoms with Gasteiger partial charge in [0.2, 0.25) is 5.95 Å². The van der Waals surface area contributed by atoms with Gasteiger partial charge in [-0.25, -0.2) is 5.10 Å². The Kier molecular flexibility index (Phi) is 3.93. The molecule has 2 N–H and O–H groups in total. The molecule has 94 valence electrons. The minimum atomic E-state index is -0.297. The molecule has 18 heavy (non-hydrogen) atoms. The molecule has 0 saturated heterocycles. The number of aromatic amines is 1. The van der Waals surface area contributed by atoms with E-state index in [2.05, 4.69) is 36.4 Å². The van der Waals surface area contributed by atoms with Crippen LogP contribution < -0.4 is 10.1 Å². The van der Waals surface area contributed by atoms with Crippen molar-refractivity contribution in [3.8, 4) is 5.75 Å². The maximum Gasteiger partial charge on any atom is 0.264 e. The van der Waals surface area contributed by atoms with Gasteiger partial charge in [0.05, 0.1) is 0 Å². The van der Waals surface area contributed by atoms with E-state index in [1.807, 2.05) is 19.1 Å². The van der Waals surface area contributed by atoms with Crippen molar-refractivity contribution in [1.82, 2.24) is 15.2 Å². The lowest BCUT2D eigenvalue weighted by Crippen LogP contribution is -2.21. The number of rotatable bonds is 4. The van der Waals surface area contributed by atoms with E-state index in [9.17, 15) is 4.79 Å². The standard InChI is InChI=1S/C11H11BrN4O2/c1-7-4-8(12)2-3-9(7)18-5-10(17)15-11-13-6-14-16-11/h2-4,6H,5H2,1H3,(H2,13,14,15,16,17). The smallest absolute Gasteiger partial charge is 0.264 e. The van der Waals surface area contributed by atoms with E-state index >= 15 is 0 Å². The number of ether oxygens (including phenoxy) is 1. The average Bonchev–Trinajstić information content (AvgIpc) is 2.80. The third kappa shape index (κ3) is 3.30. The lowest BCUT2D eigenvalue weighted by Gasteiger charge is -2.08. The van der Waals surface area contributed by atoms with Crippen molar-refractivity contribution in [3.63, 3.8) is 0 Å². The number of nitrogens with one attached hydrogen (secondary N) is 2. The van der Waals surface area contributed by atoms with E-state index in [1.54, 1.807) is 6.07 Å². The van der Waals surface area contributed by atoms with Gasteiger partial charge in [-0.15, -0.1) is 0 Å². The first-order valence-electron chi connectivity index (χ1n) is 5.19. The zero-order valence-electron chi connectivity index (χ0n) is 9.61. The second-order valence-corrected chi connectivity index (χ2v) is 4.50. The highest BCUT2D eigenvalue weighted by Crippen LogP contribution is 2.21. The number of hydrogen-bond acceptors (Lipinski definition) is 4. The van der Waals surface area contributed by atoms with Crippen molar-refractivity contribution >= 4 is 27.8 Å². The maximum absolute atomic E-state index is 11.5. The van der Waals surface area contributed by atoms with Gasteiger partial charge >= 0.3 is 0 Å². The molecule has 0 radical (unpaired) electrons. The van der Waals surface area contributed by atoms with Crippen LogP contribution in [0.2, 0.25) is 0 Å². The predicted octanol–water partition coefficient (Wildman–Crippen LogP) is 1.89. The molecule has 0 fully saturated rings. The number of anilines is 1. The number of halogens is 1. The van der Waals surface area contributed by atoms with Gasteiger partial charge in [0, 0.05) is 4.47 Å². The number of carbonyl (C=O) groups excluding carboxylic acids is 1. The monoisotopic (exact) mass is 310 g/mol. The first-order chi connectivity index (χ1) is 8.65. The molecule has 7 heteroatoms. The summed E-state index contributed by atoms with van der Waals surface area (Å²) in [7, 11) is 0. The van der Waals surface area contributed by atoms with Crippen molar-refractivity contribution in [2.75, 3.05) is 11.9 Å². The molecule has 2 aromatic rings. The average molecular weight is 311 g/mol. The molecule has 0 saturated carbocycles. The molecule has 0 spiro atoms. The van der Waals surface area contributed by atoms with Crippen LogP contribution in [0.4, 0.5) is 5.95 Å². The highest BCUT2D eigenvalue weighted by atomic mass is 79.9. The summed E-state index contributed by atoms with van der Waals surface area (Å²) in [6, 6.07) is 5.58. The number of aromatic nitrogens is 3. The van der Waals surface area contributed by atoms with E-state index in [0.29, 0.717) is 11.7 Å². The topological polar surface area (TPSA) is 79.9 Å². The van der Waals surface area contributed by atoms with Gasteiger partial charge in [-0.1, -0.05) is 15.9 Å². The molecule has 0 unspecified atom stereocenters. The van der Waals surface area contributed by atoms with Gasteiger partial charge in [0.25, 0.3) is 5.91 Å². The Morgan fingerprint density at radius 1 is 1.56 bits per heavy atom. The Morgan fingerprint density at radius 3 is 3.06 bits per heavy atom. The van der Waals surface area contributed by atoms with Crippen molar-refractivity contribution < 1.29 is 9.53 Å². The Labute approximate surface area is 112 Å². The number of hydrogen-bond donors (Lipinski definition) is 2. The molecule has 6 nitrogen and oxygen atoms in total. The third-order valence-corrected chi connectivity index (χ3v) is 2.66. The summed E-state index contributed by atoms with van der Waals surface area (Å²) in [5, 5.41) is 8.67. The van der Waals surface area contributed by atoms with Gasteiger partial charge in [-0.2, -0.15) is 10.1 Å². The van der Waals surface area contributed by atoms with Crippen molar-refractivity contribution in [1.29, 1.82) is 0 Å². The Bertz CT molecular complexity index is 542. The molecule has 1 aromatic carbocycles. The zero-order chi connectivity index (χ0) is 13.0. The molecular formula is C11H11BrN4O2. The largest absolute Gasteiger partial charge is 0.483 e. The van der Waals surface area contributed by atoms with Gasteiger partial charge in [-0.05, 0) is 30.7 Å². The summed E-state index contributed by atoms with van der Waals surface area (Å²) in [5.41, 5.74) is 0.955.